The topological polar surface area (TPSA) is 21.3 Å². The van der Waals surface area contributed by atoms with Crippen LogP contribution >= 0.6 is 0 Å². The standard InChI is InChI=1S/C16H29NO/c1-13(2)17-12-15(9-10-15)11-14-5-8-16(18-14)6-3-4-7-16/h13-14,17H,3-12H2,1-2H3. The van der Waals surface area contributed by atoms with Crippen LogP contribution in [0.4, 0.5) is 0 Å². The maximum Gasteiger partial charge on any atom is 0.0687 e. The van der Waals surface area contributed by atoms with Gasteiger partial charge >= 0.3 is 0 Å². The van der Waals surface area contributed by atoms with Crippen molar-refractivity contribution in [3.63, 3.8) is 0 Å². The first kappa shape index (κ1) is 12.9. The molecule has 0 aromatic rings. The van der Waals surface area contributed by atoms with Crippen LogP contribution in [0.1, 0.15) is 71.6 Å². The number of ether oxygens (including phenoxy) is 1. The summed E-state index contributed by atoms with van der Waals surface area (Å²) in [6.07, 6.45) is 12.8. The highest BCUT2D eigenvalue weighted by Crippen LogP contribution is 2.53. The first-order valence-corrected chi connectivity index (χ1v) is 8.03. The Balaban J connectivity index is 1.49. The first-order valence-electron chi connectivity index (χ1n) is 8.03. The number of hydrogen-bond acceptors (Lipinski definition) is 2. The van der Waals surface area contributed by atoms with E-state index in [9.17, 15) is 0 Å². The average molecular weight is 251 g/mol. The van der Waals surface area contributed by atoms with Crippen LogP contribution in [-0.2, 0) is 4.74 Å². The van der Waals surface area contributed by atoms with Gasteiger partial charge in [-0.05, 0) is 50.4 Å². The van der Waals surface area contributed by atoms with Crippen molar-refractivity contribution in [3.05, 3.63) is 0 Å². The van der Waals surface area contributed by atoms with Gasteiger partial charge in [-0.2, -0.15) is 0 Å². The first-order chi connectivity index (χ1) is 8.62. The Morgan fingerprint density at radius 3 is 2.44 bits per heavy atom. The summed E-state index contributed by atoms with van der Waals surface area (Å²) in [5.41, 5.74) is 0.922. The summed E-state index contributed by atoms with van der Waals surface area (Å²) >= 11 is 0. The molecule has 18 heavy (non-hydrogen) atoms. The molecule has 2 saturated carbocycles. The van der Waals surface area contributed by atoms with Gasteiger partial charge in [0.1, 0.15) is 0 Å². The monoisotopic (exact) mass is 251 g/mol. The Morgan fingerprint density at radius 1 is 1.11 bits per heavy atom. The van der Waals surface area contributed by atoms with E-state index < -0.39 is 0 Å². The van der Waals surface area contributed by atoms with Crippen LogP contribution in [-0.4, -0.2) is 24.3 Å². The zero-order chi connectivity index (χ0) is 12.6. The molecule has 1 N–H and O–H groups in total. The van der Waals surface area contributed by atoms with Gasteiger partial charge in [0.2, 0.25) is 0 Å². The van der Waals surface area contributed by atoms with Crippen molar-refractivity contribution in [2.45, 2.75) is 89.4 Å². The second-order valence-corrected chi connectivity index (χ2v) is 7.41. The molecule has 104 valence electrons. The Morgan fingerprint density at radius 2 is 1.83 bits per heavy atom. The molecular weight excluding hydrogens is 222 g/mol. The molecule has 2 heteroatoms. The summed E-state index contributed by atoms with van der Waals surface area (Å²) in [6.45, 7) is 5.70. The van der Waals surface area contributed by atoms with E-state index in [1.54, 1.807) is 0 Å². The summed E-state index contributed by atoms with van der Waals surface area (Å²) in [7, 11) is 0. The minimum atomic E-state index is 0.326. The van der Waals surface area contributed by atoms with E-state index >= 15 is 0 Å². The molecule has 2 aliphatic carbocycles. The number of rotatable bonds is 5. The average Bonchev–Trinajstić information content (AvgIpc) is 2.78. The highest BCUT2D eigenvalue weighted by atomic mass is 16.5. The molecule has 0 aromatic carbocycles. The summed E-state index contributed by atoms with van der Waals surface area (Å²) in [4.78, 5) is 0. The molecule has 3 aliphatic rings. The Kier molecular flexibility index (Phi) is 3.44. The molecule has 0 aromatic heterocycles. The molecule has 1 aliphatic heterocycles. The van der Waals surface area contributed by atoms with E-state index in [4.69, 9.17) is 4.74 Å². The zero-order valence-corrected chi connectivity index (χ0v) is 12.1. The maximum atomic E-state index is 6.46. The second-order valence-electron chi connectivity index (χ2n) is 7.41. The van der Waals surface area contributed by atoms with Crippen molar-refractivity contribution in [3.8, 4) is 0 Å². The predicted octanol–water partition coefficient (Wildman–Crippen LogP) is 3.65. The number of hydrogen-bond donors (Lipinski definition) is 1. The van der Waals surface area contributed by atoms with Gasteiger partial charge < -0.3 is 10.1 Å². The largest absolute Gasteiger partial charge is 0.372 e. The van der Waals surface area contributed by atoms with Gasteiger partial charge in [0.05, 0.1) is 11.7 Å². The van der Waals surface area contributed by atoms with E-state index in [0.29, 0.717) is 23.2 Å². The predicted molar refractivity (Wildman–Crippen MR) is 74.7 cm³/mol. The van der Waals surface area contributed by atoms with Crippen molar-refractivity contribution in [1.82, 2.24) is 5.32 Å². The molecule has 1 unspecified atom stereocenters. The van der Waals surface area contributed by atoms with Crippen molar-refractivity contribution < 1.29 is 4.74 Å². The van der Waals surface area contributed by atoms with Crippen LogP contribution in [0, 0.1) is 5.41 Å². The van der Waals surface area contributed by atoms with Gasteiger partial charge in [0.15, 0.2) is 0 Å². The highest BCUT2D eigenvalue weighted by Gasteiger charge is 2.48. The van der Waals surface area contributed by atoms with Crippen molar-refractivity contribution in [2.24, 2.45) is 5.41 Å². The summed E-state index contributed by atoms with van der Waals surface area (Å²) in [6, 6.07) is 0.619. The lowest BCUT2D eigenvalue weighted by Gasteiger charge is -2.26. The van der Waals surface area contributed by atoms with Gasteiger partial charge in [-0.1, -0.05) is 26.7 Å². The quantitative estimate of drug-likeness (QED) is 0.805. The van der Waals surface area contributed by atoms with E-state index in [1.165, 1.54) is 64.3 Å². The number of nitrogens with one attached hydrogen (secondary N) is 1. The smallest absolute Gasteiger partial charge is 0.0687 e. The lowest BCUT2D eigenvalue weighted by atomic mass is 9.94. The van der Waals surface area contributed by atoms with Crippen LogP contribution < -0.4 is 5.32 Å². The normalized spacial score (nSPS) is 32.5. The minimum Gasteiger partial charge on any atom is -0.372 e. The Bertz CT molecular complexity index is 289. The molecule has 3 fully saturated rings. The van der Waals surface area contributed by atoms with Gasteiger partial charge in [-0.25, -0.2) is 0 Å². The van der Waals surface area contributed by atoms with Crippen LogP contribution in [0.2, 0.25) is 0 Å². The molecule has 2 nitrogen and oxygen atoms in total. The molecule has 1 spiro atoms. The van der Waals surface area contributed by atoms with Gasteiger partial charge in [-0.15, -0.1) is 0 Å². The van der Waals surface area contributed by atoms with Gasteiger partial charge in [0, 0.05) is 12.6 Å². The van der Waals surface area contributed by atoms with Crippen LogP contribution in [0.3, 0.4) is 0 Å². The van der Waals surface area contributed by atoms with Crippen LogP contribution in [0.5, 0.6) is 0 Å². The van der Waals surface area contributed by atoms with Crippen molar-refractivity contribution >= 4 is 0 Å². The lowest BCUT2D eigenvalue weighted by Crippen LogP contribution is -2.32. The molecule has 1 heterocycles. The lowest BCUT2D eigenvalue weighted by molar-refractivity contribution is -0.0458. The van der Waals surface area contributed by atoms with Crippen LogP contribution in [0.25, 0.3) is 0 Å². The molecular formula is C16H29NO. The third kappa shape index (κ3) is 2.75. The van der Waals surface area contributed by atoms with Crippen LogP contribution in [0.15, 0.2) is 0 Å². The second kappa shape index (κ2) is 4.79. The minimum absolute atomic E-state index is 0.326. The summed E-state index contributed by atoms with van der Waals surface area (Å²) in [5, 5.41) is 3.63. The van der Waals surface area contributed by atoms with Crippen molar-refractivity contribution in [1.29, 1.82) is 0 Å². The fraction of sp³-hybridized carbons (Fsp3) is 1.00. The van der Waals surface area contributed by atoms with Gasteiger partial charge in [-0.3, -0.25) is 0 Å². The third-order valence-electron chi connectivity index (χ3n) is 5.36. The molecule has 1 atom stereocenters. The van der Waals surface area contributed by atoms with E-state index in [2.05, 4.69) is 19.2 Å². The molecule has 0 amide bonds. The van der Waals surface area contributed by atoms with Crippen molar-refractivity contribution in [2.75, 3.05) is 6.54 Å². The molecule has 3 rings (SSSR count). The highest BCUT2D eigenvalue weighted by molar-refractivity contribution is 5.00. The van der Waals surface area contributed by atoms with E-state index in [1.807, 2.05) is 0 Å². The van der Waals surface area contributed by atoms with E-state index in [-0.39, 0.29) is 0 Å². The fourth-order valence-electron chi connectivity index (χ4n) is 3.96. The molecule has 1 saturated heterocycles. The Labute approximate surface area is 112 Å². The van der Waals surface area contributed by atoms with Gasteiger partial charge in [0.25, 0.3) is 0 Å². The molecule has 0 radical (unpaired) electrons. The Hall–Kier alpha value is -0.0800. The SMILES string of the molecule is CC(C)NCC1(CC2CCC3(CCCC3)O2)CC1. The molecule has 0 bridgehead atoms. The third-order valence-corrected chi connectivity index (χ3v) is 5.36. The summed E-state index contributed by atoms with van der Waals surface area (Å²) in [5.74, 6) is 0. The van der Waals surface area contributed by atoms with E-state index in [0.717, 1.165) is 0 Å². The maximum absolute atomic E-state index is 6.46. The fourth-order valence-corrected chi connectivity index (χ4v) is 3.96. The summed E-state index contributed by atoms with van der Waals surface area (Å²) < 4.78 is 6.46. The zero-order valence-electron chi connectivity index (χ0n) is 12.1.